The summed E-state index contributed by atoms with van der Waals surface area (Å²) in [5.74, 6) is 0.365. The highest BCUT2D eigenvalue weighted by atomic mass is 16.5. The third kappa shape index (κ3) is 1.27. The molecule has 0 aromatic heterocycles. The van der Waals surface area contributed by atoms with Gasteiger partial charge in [-0.1, -0.05) is 13.8 Å². The molecule has 2 aliphatic heterocycles. The van der Waals surface area contributed by atoms with Crippen LogP contribution in [0.3, 0.4) is 0 Å². The van der Waals surface area contributed by atoms with Gasteiger partial charge in [0.1, 0.15) is 0 Å². The number of rotatable bonds is 1. The van der Waals surface area contributed by atoms with E-state index in [-0.39, 0.29) is 0 Å². The molecular weight excluding hydrogens is 152 g/mol. The Balaban J connectivity index is 2.10. The Kier molecular flexibility index (Phi) is 1.92. The van der Waals surface area contributed by atoms with E-state index in [0.29, 0.717) is 18.1 Å². The normalized spacial score (nSPS) is 47.0. The van der Waals surface area contributed by atoms with Crippen LogP contribution in [0.1, 0.15) is 39.5 Å². The average molecular weight is 170 g/mol. The van der Waals surface area contributed by atoms with E-state index in [2.05, 4.69) is 13.8 Å². The van der Waals surface area contributed by atoms with E-state index in [9.17, 15) is 5.11 Å². The number of ether oxygens (including phenoxy) is 1. The van der Waals surface area contributed by atoms with Crippen molar-refractivity contribution in [3.63, 3.8) is 0 Å². The second-order valence-corrected chi connectivity index (χ2v) is 4.62. The molecule has 2 heteroatoms. The monoisotopic (exact) mass is 170 g/mol. The lowest BCUT2D eigenvalue weighted by molar-refractivity contribution is -0.132. The zero-order valence-electron chi connectivity index (χ0n) is 7.92. The smallest absolute Gasteiger partial charge is 0.0719 e. The van der Waals surface area contributed by atoms with E-state index in [1.165, 1.54) is 0 Å². The lowest BCUT2D eigenvalue weighted by atomic mass is 9.81. The molecule has 2 bridgehead atoms. The van der Waals surface area contributed by atoms with Crippen LogP contribution in [0.15, 0.2) is 0 Å². The van der Waals surface area contributed by atoms with Crippen molar-refractivity contribution < 1.29 is 9.84 Å². The average Bonchev–Trinajstić information content (AvgIpc) is 2.30. The van der Waals surface area contributed by atoms with Crippen LogP contribution in [0.4, 0.5) is 0 Å². The van der Waals surface area contributed by atoms with Crippen molar-refractivity contribution >= 4 is 0 Å². The second kappa shape index (κ2) is 2.71. The van der Waals surface area contributed by atoms with Crippen molar-refractivity contribution in [2.75, 3.05) is 0 Å². The Labute approximate surface area is 73.9 Å². The lowest BCUT2D eigenvalue weighted by Crippen LogP contribution is -2.44. The highest BCUT2D eigenvalue weighted by molar-refractivity contribution is 4.95. The fraction of sp³-hybridized carbons (Fsp3) is 1.00. The van der Waals surface area contributed by atoms with E-state index in [1.807, 2.05) is 0 Å². The summed E-state index contributed by atoms with van der Waals surface area (Å²) in [6.07, 6.45) is 4.69. The first kappa shape index (κ1) is 8.52. The number of fused-ring (bicyclic) bond motifs is 2. The van der Waals surface area contributed by atoms with Crippen molar-refractivity contribution in [3.8, 4) is 0 Å². The van der Waals surface area contributed by atoms with Gasteiger partial charge in [-0.05, 0) is 18.8 Å². The Morgan fingerprint density at radius 2 is 1.75 bits per heavy atom. The molecule has 12 heavy (non-hydrogen) atoms. The Bertz CT molecular complexity index is 165. The first-order valence-corrected chi connectivity index (χ1v) is 4.98. The van der Waals surface area contributed by atoms with Gasteiger partial charge >= 0.3 is 0 Å². The summed E-state index contributed by atoms with van der Waals surface area (Å²) in [5.41, 5.74) is -0.440. The van der Waals surface area contributed by atoms with Gasteiger partial charge in [-0.3, -0.25) is 0 Å². The molecule has 0 aromatic carbocycles. The number of hydrogen-bond donors (Lipinski definition) is 1. The maximum atomic E-state index is 10.2. The van der Waals surface area contributed by atoms with Crippen LogP contribution in [0.5, 0.6) is 0 Å². The van der Waals surface area contributed by atoms with Gasteiger partial charge in [-0.15, -0.1) is 0 Å². The summed E-state index contributed by atoms with van der Waals surface area (Å²) < 4.78 is 5.68. The van der Waals surface area contributed by atoms with Gasteiger partial charge in [-0.2, -0.15) is 0 Å². The van der Waals surface area contributed by atoms with Gasteiger partial charge in [0.15, 0.2) is 0 Å². The Morgan fingerprint density at radius 3 is 2.17 bits per heavy atom. The Hall–Kier alpha value is -0.0800. The highest BCUT2D eigenvalue weighted by Gasteiger charge is 2.45. The minimum atomic E-state index is -0.440. The summed E-state index contributed by atoms with van der Waals surface area (Å²) in [7, 11) is 0. The summed E-state index contributed by atoms with van der Waals surface area (Å²) >= 11 is 0. The number of aliphatic hydroxyl groups is 1. The molecule has 1 N–H and O–H groups in total. The molecular formula is C10H18O2. The minimum Gasteiger partial charge on any atom is -0.389 e. The van der Waals surface area contributed by atoms with E-state index in [1.54, 1.807) is 0 Å². The molecule has 0 aliphatic carbocycles. The molecule has 2 nitrogen and oxygen atoms in total. The van der Waals surface area contributed by atoms with Crippen LogP contribution in [0.2, 0.25) is 0 Å². The number of hydrogen-bond acceptors (Lipinski definition) is 2. The van der Waals surface area contributed by atoms with Gasteiger partial charge in [0.25, 0.3) is 0 Å². The predicted molar refractivity (Wildman–Crippen MR) is 46.9 cm³/mol. The van der Waals surface area contributed by atoms with Gasteiger partial charge < -0.3 is 9.84 Å². The van der Waals surface area contributed by atoms with Crippen LogP contribution in [-0.2, 0) is 4.74 Å². The Morgan fingerprint density at radius 1 is 1.25 bits per heavy atom. The van der Waals surface area contributed by atoms with Crippen molar-refractivity contribution in [2.24, 2.45) is 5.92 Å². The molecule has 3 atom stereocenters. The van der Waals surface area contributed by atoms with Gasteiger partial charge in [0.2, 0.25) is 0 Å². The molecule has 70 valence electrons. The maximum absolute atomic E-state index is 10.2. The predicted octanol–water partition coefficient (Wildman–Crippen LogP) is 1.71. The summed E-state index contributed by atoms with van der Waals surface area (Å²) in [6.45, 7) is 4.20. The SMILES string of the molecule is CC(C)[C@]1(O)C[C@H]2CC[C@@H](C1)O2. The summed E-state index contributed by atoms with van der Waals surface area (Å²) in [4.78, 5) is 0. The molecule has 0 saturated carbocycles. The molecule has 0 aromatic rings. The molecule has 2 heterocycles. The summed E-state index contributed by atoms with van der Waals surface area (Å²) in [5, 5.41) is 10.2. The molecule has 2 saturated heterocycles. The maximum Gasteiger partial charge on any atom is 0.0719 e. The third-order valence-corrected chi connectivity index (χ3v) is 3.43. The first-order chi connectivity index (χ1) is 5.60. The standard InChI is InChI=1S/C10H18O2/c1-7(2)10(11)5-8-3-4-9(6-10)12-8/h7-9,11H,3-6H2,1-2H3/t8-,9+,10+. The van der Waals surface area contributed by atoms with E-state index >= 15 is 0 Å². The van der Waals surface area contributed by atoms with Gasteiger partial charge in [0.05, 0.1) is 17.8 Å². The minimum absolute atomic E-state index is 0.344. The molecule has 2 aliphatic rings. The zero-order chi connectivity index (χ0) is 8.77. The topological polar surface area (TPSA) is 29.5 Å². The van der Waals surface area contributed by atoms with E-state index in [4.69, 9.17) is 4.74 Å². The van der Waals surface area contributed by atoms with Crippen molar-refractivity contribution in [3.05, 3.63) is 0 Å². The van der Waals surface area contributed by atoms with E-state index < -0.39 is 5.60 Å². The molecule has 2 rings (SSSR count). The summed E-state index contributed by atoms with van der Waals surface area (Å²) in [6, 6.07) is 0. The van der Waals surface area contributed by atoms with Crippen molar-refractivity contribution in [1.82, 2.24) is 0 Å². The van der Waals surface area contributed by atoms with Gasteiger partial charge in [0, 0.05) is 12.8 Å². The van der Waals surface area contributed by atoms with Crippen molar-refractivity contribution in [1.29, 1.82) is 0 Å². The fourth-order valence-corrected chi connectivity index (χ4v) is 2.42. The van der Waals surface area contributed by atoms with Crippen molar-refractivity contribution in [2.45, 2.75) is 57.3 Å². The van der Waals surface area contributed by atoms with Crippen LogP contribution < -0.4 is 0 Å². The van der Waals surface area contributed by atoms with Gasteiger partial charge in [-0.25, -0.2) is 0 Å². The highest BCUT2D eigenvalue weighted by Crippen LogP contribution is 2.41. The lowest BCUT2D eigenvalue weighted by Gasteiger charge is -2.39. The quantitative estimate of drug-likeness (QED) is 0.649. The largest absolute Gasteiger partial charge is 0.389 e. The molecule has 0 radical (unpaired) electrons. The second-order valence-electron chi connectivity index (χ2n) is 4.62. The molecule has 0 amide bonds. The van der Waals surface area contributed by atoms with Crippen LogP contribution >= 0.6 is 0 Å². The fourth-order valence-electron chi connectivity index (χ4n) is 2.42. The van der Waals surface area contributed by atoms with Crippen LogP contribution in [0.25, 0.3) is 0 Å². The van der Waals surface area contributed by atoms with Crippen LogP contribution in [0, 0.1) is 5.92 Å². The molecule has 0 spiro atoms. The third-order valence-electron chi connectivity index (χ3n) is 3.43. The first-order valence-electron chi connectivity index (χ1n) is 4.98. The zero-order valence-corrected chi connectivity index (χ0v) is 7.92. The van der Waals surface area contributed by atoms with E-state index in [0.717, 1.165) is 25.7 Å². The van der Waals surface area contributed by atoms with Crippen LogP contribution in [-0.4, -0.2) is 22.9 Å². The molecule has 2 fully saturated rings. The molecule has 0 unspecified atom stereocenters.